The predicted molar refractivity (Wildman–Crippen MR) is 71.7 cm³/mol. The molecule has 0 spiro atoms. The smallest absolute Gasteiger partial charge is 0.298 e. The van der Waals surface area contributed by atoms with Gasteiger partial charge in [-0.15, -0.1) is 0 Å². The van der Waals surface area contributed by atoms with Gasteiger partial charge in [0.05, 0.1) is 11.0 Å². The molecule has 1 aliphatic rings. The van der Waals surface area contributed by atoms with Crippen LogP contribution in [0.1, 0.15) is 19.8 Å². The summed E-state index contributed by atoms with van der Waals surface area (Å²) in [7, 11) is 2.00. The molecule has 0 amide bonds. The Bertz CT molecular complexity index is 525. The van der Waals surface area contributed by atoms with Gasteiger partial charge < -0.3 is 10.2 Å². The molecule has 1 heterocycles. The van der Waals surface area contributed by atoms with E-state index in [9.17, 15) is 18.9 Å². The minimum atomic E-state index is -0.948. The van der Waals surface area contributed by atoms with Crippen LogP contribution in [0, 0.1) is 21.7 Å². The Morgan fingerprint density at radius 3 is 2.75 bits per heavy atom. The van der Waals surface area contributed by atoms with Gasteiger partial charge in [-0.1, -0.05) is 0 Å². The van der Waals surface area contributed by atoms with Crippen molar-refractivity contribution in [3.63, 3.8) is 0 Å². The summed E-state index contributed by atoms with van der Waals surface area (Å²) in [6.45, 7) is 2.87. The Kier molecular flexibility index (Phi) is 4.17. The van der Waals surface area contributed by atoms with Crippen LogP contribution >= 0.6 is 0 Å². The molecule has 1 saturated heterocycles. The number of rotatable bonds is 3. The number of anilines is 1. The molecule has 1 fully saturated rings. The lowest BCUT2D eigenvalue weighted by atomic mass is 9.98. The highest BCUT2D eigenvalue weighted by molar-refractivity contribution is 5.63. The molecule has 0 radical (unpaired) electrons. The van der Waals surface area contributed by atoms with E-state index in [1.54, 1.807) is 0 Å². The Labute approximate surface area is 115 Å². The van der Waals surface area contributed by atoms with Crippen LogP contribution in [0.5, 0.6) is 0 Å². The van der Waals surface area contributed by atoms with Crippen molar-refractivity contribution in [2.24, 2.45) is 0 Å². The van der Waals surface area contributed by atoms with Crippen LogP contribution in [0.2, 0.25) is 0 Å². The topological polar surface area (TPSA) is 58.4 Å². The van der Waals surface area contributed by atoms with Crippen LogP contribution in [-0.4, -0.2) is 35.5 Å². The molecule has 0 bridgehead atoms. The minimum absolute atomic E-state index is 0.0557. The second-order valence-electron chi connectivity index (χ2n) is 5.23. The molecule has 1 N–H and O–H groups in total. The van der Waals surface area contributed by atoms with Crippen molar-refractivity contribution in [2.75, 3.05) is 18.9 Å². The largest absolute Gasteiger partial charge is 0.374 e. The number of likely N-dealkylation sites (tertiary alicyclic amines) is 1. The summed E-state index contributed by atoms with van der Waals surface area (Å²) in [5, 5.41) is 13.8. The summed E-state index contributed by atoms with van der Waals surface area (Å²) in [6.07, 6.45) is 1.51. The van der Waals surface area contributed by atoms with Gasteiger partial charge in [0, 0.05) is 24.7 Å². The number of nitro groups is 1. The SMILES string of the molecule is CC1CC(Nc2c(F)cc(F)cc2[N+](=O)[O-])CCN1C. The molecule has 0 saturated carbocycles. The number of halogens is 2. The van der Waals surface area contributed by atoms with E-state index in [1.165, 1.54) is 0 Å². The second-order valence-corrected chi connectivity index (χ2v) is 5.23. The fourth-order valence-electron chi connectivity index (χ4n) is 2.47. The lowest BCUT2D eigenvalue weighted by molar-refractivity contribution is -0.384. The average molecular weight is 285 g/mol. The van der Waals surface area contributed by atoms with Crippen molar-refractivity contribution in [1.29, 1.82) is 0 Å². The molecule has 2 rings (SSSR count). The van der Waals surface area contributed by atoms with Gasteiger partial charge in [0.25, 0.3) is 5.69 Å². The Morgan fingerprint density at radius 1 is 1.45 bits per heavy atom. The molecule has 5 nitrogen and oxygen atoms in total. The fourth-order valence-corrected chi connectivity index (χ4v) is 2.47. The van der Waals surface area contributed by atoms with Gasteiger partial charge in [0.2, 0.25) is 0 Å². The van der Waals surface area contributed by atoms with Crippen LogP contribution in [0.15, 0.2) is 12.1 Å². The molecule has 1 aliphatic heterocycles. The zero-order valence-corrected chi connectivity index (χ0v) is 11.4. The molecule has 7 heteroatoms. The summed E-state index contributed by atoms with van der Waals surface area (Å²) < 4.78 is 26.9. The van der Waals surface area contributed by atoms with Crippen LogP contribution in [0.4, 0.5) is 20.2 Å². The third-order valence-corrected chi connectivity index (χ3v) is 3.79. The number of nitrogens with one attached hydrogen (secondary N) is 1. The first-order valence-corrected chi connectivity index (χ1v) is 6.48. The number of hydrogen-bond acceptors (Lipinski definition) is 4. The molecule has 0 aliphatic carbocycles. The summed E-state index contributed by atoms with van der Waals surface area (Å²) >= 11 is 0. The monoisotopic (exact) mass is 285 g/mol. The Balaban J connectivity index is 2.23. The van der Waals surface area contributed by atoms with Crippen molar-refractivity contribution in [2.45, 2.75) is 31.8 Å². The molecule has 110 valence electrons. The van der Waals surface area contributed by atoms with Crippen molar-refractivity contribution < 1.29 is 13.7 Å². The van der Waals surface area contributed by atoms with E-state index in [1.807, 2.05) is 14.0 Å². The zero-order chi connectivity index (χ0) is 14.9. The maximum absolute atomic E-state index is 13.8. The molecular formula is C13H17F2N3O2. The van der Waals surface area contributed by atoms with Gasteiger partial charge in [-0.05, 0) is 26.8 Å². The fraction of sp³-hybridized carbons (Fsp3) is 0.538. The Morgan fingerprint density at radius 2 is 2.15 bits per heavy atom. The highest BCUT2D eigenvalue weighted by Gasteiger charge is 2.27. The first-order chi connectivity index (χ1) is 9.38. The summed E-state index contributed by atoms with van der Waals surface area (Å²) in [5.74, 6) is -1.88. The maximum Gasteiger partial charge on any atom is 0.298 e. The third kappa shape index (κ3) is 3.04. The first kappa shape index (κ1) is 14.6. The predicted octanol–water partition coefficient (Wildman–Crippen LogP) is 2.77. The highest BCUT2D eigenvalue weighted by atomic mass is 19.1. The maximum atomic E-state index is 13.8. The number of nitro benzene ring substituents is 1. The molecule has 0 aromatic heterocycles. The molecule has 2 atom stereocenters. The van der Waals surface area contributed by atoms with Gasteiger partial charge in [-0.2, -0.15) is 0 Å². The number of nitrogens with zero attached hydrogens (tertiary/aromatic N) is 2. The Hall–Kier alpha value is -1.76. The molecule has 2 unspecified atom stereocenters. The minimum Gasteiger partial charge on any atom is -0.374 e. The van der Waals surface area contributed by atoms with E-state index >= 15 is 0 Å². The van der Waals surface area contributed by atoms with Gasteiger partial charge in [-0.25, -0.2) is 8.78 Å². The van der Waals surface area contributed by atoms with E-state index in [0.29, 0.717) is 12.1 Å². The number of piperidine rings is 1. The first-order valence-electron chi connectivity index (χ1n) is 6.48. The number of benzene rings is 1. The van der Waals surface area contributed by atoms with Crippen molar-refractivity contribution >= 4 is 11.4 Å². The molecule has 20 heavy (non-hydrogen) atoms. The molecule has 1 aromatic carbocycles. The van der Waals surface area contributed by atoms with E-state index in [0.717, 1.165) is 25.5 Å². The summed E-state index contributed by atoms with van der Waals surface area (Å²) in [4.78, 5) is 12.3. The standard InChI is InChI=1S/C13H17F2N3O2/c1-8-5-10(3-4-17(8)2)16-13-11(15)6-9(14)7-12(13)18(19)20/h6-8,10,16H,3-5H2,1-2H3. The summed E-state index contributed by atoms with van der Waals surface area (Å²) in [6, 6.07) is 1.65. The quantitative estimate of drug-likeness (QED) is 0.685. The van der Waals surface area contributed by atoms with Crippen LogP contribution in [0.25, 0.3) is 0 Å². The second kappa shape index (κ2) is 5.70. The summed E-state index contributed by atoms with van der Waals surface area (Å²) in [5.41, 5.74) is -0.785. The lowest BCUT2D eigenvalue weighted by Gasteiger charge is -2.35. The van der Waals surface area contributed by atoms with E-state index in [2.05, 4.69) is 10.2 Å². The van der Waals surface area contributed by atoms with Gasteiger partial charge >= 0.3 is 0 Å². The molecular weight excluding hydrogens is 268 g/mol. The van der Waals surface area contributed by atoms with Crippen LogP contribution in [0.3, 0.4) is 0 Å². The van der Waals surface area contributed by atoms with E-state index < -0.39 is 22.2 Å². The average Bonchev–Trinajstić information content (AvgIpc) is 2.36. The third-order valence-electron chi connectivity index (χ3n) is 3.79. The normalized spacial score (nSPS) is 23.6. The zero-order valence-electron chi connectivity index (χ0n) is 11.4. The van der Waals surface area contributed by atoms with Crippen LogP contribution in [-0.2, 0) is 0 Å². The number of hydrogen-bond donors (Lipinski definition) is 1. The van der Waals surface area contributed by atoms with Gasteiger partial charge in [0.15, 0.2) is 5.82 Å². The van der Waals surface area contributed by atoms with Crippen molar-refractivity contribution in [3.05, 3.63) is 33.9 Å². The van der Waals surface area contributed by atoms with Crippen molar-refractivity contribution in [1.82, 2.24) is 4.90 Å². The van der Waals surface area contributed by atoms with Gasteiger partial charge in [0.1, 0.15) is 11.5 Å². The van der Waals surface area contributed by atoms with Crippen molar-refractivity contribution in [3.8, 4) is 0 Å². The van der Waals surface area contributed by atoms with Crippen LogP contribution < -0.4 is 5.32 Å². The van der Waals surface area contributed by atoms with E-state index in [4.69, 9.17) is 0 Å². The highest BCUT2D eigenvalue weighted by Crippen LogP contribution is 2.31. The lowest BCUT2D eigenvalue weighted by Crippen LogP contribution is -2.42. The van der Waals surface area contributed by atoms with E-state index in [-0.39, 0.29) is 11.7 Å². The molecule has 1 aromatic rings. The van der Waals surface area contributed by atoms with Gasteiger partial charge in [-0.3, -0.25) is 10.1 Å².